The first-order valence-electron chi connectivity index (χ1n) is 8.72. The van der Waals surface area contributed by atoms with Crippen molar-refractivity contribution in [3.63, 3.8) is 0 Å². The Hall–Kier alpha value is -3.82. The lowest BCUT2D eigenvalue weighted by molar-refractivity contribution is -0.384. The van der Waals surface area contributed by atoms with Crippen molar-refractivity contribution in [2.75, 3.05) is 19.1 Å². The van der Waals surface area contributed by atoms with Gasteiger partial charge in [-0.25, -0.2) is 18.4 Å². The topological polar surface area (TPSA) is 93.0 Å². The Bertz CT molecular complexity index is 1090. The van der Waals surface area contributed by atoms with Crippen molar-refractivity contribution in [2.45, 2.75) is 13.0 Å². The van der Waals surface area contributed by atoms with Crippen LogP contribution >= 0.6 is 0 Å². The molecule has 156 valence electrons. The molecule has 30 heavy (non-hydrogen) atoms. The maximum Gasteiger partial charge on any atom is 0.337 e. The highest BCUT2D eigenvalue weighted by atomic mass is 19.2. The molecule has 1 aliphatic heterocycles. The van der Waals surface area contributed by atoms with Crippen LogP contribution in [-0.4, -0.2) is 36.0 Å². The van der Waals surface area contributed by atoms with Crippen LogP contribution in [0.15, 0.2) is 53.7 Å². The van der Waals surface area contributed by atoms with Crippen LogP contribution in [0, 0.1) is 21.7 Å². The predicted molar refractivity (Wildman–Crippen MR) is 103 cm³/mol. The first-order chi connectivity index (χ1) is 14.2. The number of nitro benzene ring substituents is 1. The minimum absolute atomic E-state index is 0.0112. The molecule has 1 heterocycles. The molecule has 0 fully saturated rings. The van der Waals surface area contributed by atoms with E-state index in [1.807, 2.05) is 0 Å². The number of non-ortho nitro benzene ring substituents is 1. The van der Waals surface area contributed by atoms with E-state index in [9.17, 15) is 28.5 Å². The molecule has 0 aromatic heterocycles. The highest BCUT2D eigenvalue weighted by Crippen LogP contribution is 2.39. The summed E-state index contributed by atoms with van der Waals surface area (Å²) in [5.41, 5.74) is 0.266. The number of rotatable bonds is 4. The largest absolute Gasteiger partial charge is 0.466 e. The summed E-state index contributed by atoms with van der Waals surface area (Å²) >= 11 is 0. The van der Waals surface area contributed by atoms with E-state index in [0.717, 1.165) is 29.0 Å². The minimum Gasteiger partial charge on any atom is -0.466 e. The zero-order valence-electron chi connectivity index (χ0n) is 16.3. The normalized spacial score (nSPS) is 16.7. The first-order valence-corrected chi connectivity index (χ1v) is 8.72. The van der Waals surface area contributed by atoms with Gasteiger partial charge in [0.2, 0.25) is 0 Å². The van der Waals surface area contributed by atoms with Crippen LogP contribution in [0.3, 0.4) is 0 Å². The van der Waals surface area contributed by atoms with Gasteiger partial charge in [-0.3, -0.25) is 15.0 Å². The number of methoxy groups -OCH3 is 1. The Balaban J connectivity index is 2.22. The second-order valence-electron chi connectivity index (χ2n) is 6.57. The molecule has 0 saturated heterocycles. The molecule has 2 aromatic carbocycles. The van der Waals surface area contributed by atoms with E-state index in [0.29, 0.717) is 0 Å². The molecule has 0 bridgehead atoms. The smallest absolute Gasteiger partial charge is 0.337 e. The van der Waals surface area contributed by atoms with Gasteiger partial charge in [0.15, 0.2) is 11.6 Å². The molecule has 1 aliphatic rings. The lowest BCUT2D eigenvalue weighted by Crippen LogP contribution is -2.49. The standard InChI is InChI=1S/C20H17F2N3O5/c1-11-17(19(26)30-3)18(12-7-8-15(21)16(22)9-12)23(2)20(27)24(11)13-5-4-6-14(10-13)25(28)29/h4-10,18H,1-3H3/t18-/m0/s1. The highest BCUT2D eigenvalue weighted by molar-refractivity contribution is 6.03. The summed E-state index contributed by atoms with van der Waals surface area (Å²) in [6.45, 7) is 1.48. The molecule has 0 N–H and O–H groups in total. The van der Waals surface area contributed by atoms with Gasteiger partial charge in [0.1, 0.15) is 0 Å². The summed E-state index contributed by atoms with van der Waals surface area (Å²) in [6.07, 6.45) is 0. The van der Waals surface area contributed by atoms with Crippen LogP contribution in [0.2, 0.25) is 0 Å². The van der Waals surface area contributed by atoms with E-state index < -0.39 is 34.6 Å². The minimum atomic E-state index is -1.13. The number of carbonyl (C=O) groups excluding carboxylic acids is 2. The molecule has 3 rings (SSSR count). The monoisotopic (exact) mass is 417 g/mol. The van der Waals surface area contributed by atoms with Gasteiger partial charge in [0.25, 0.3) is 5.69 Å². The number of nitro groups is 1. The van der Waals surface area contributed by atoms with Gasteiger partial charge >= 0.3 is 12.0 Å². The van der Waals surface area contributed by atoms with Crippen LogP contribution in [0.25, 0.3) is 0 Å². The number of carbonyl (C=O) groups is 2. The van der Waals surface area contributed by atoms with Gasteiger partial charge in [-0.15, -0.1) is 0 Å². The molecule has 2 amide bonds. The number of nitrogens with zero attached hydrogens (tertiary/aromatic N) is 3. The summed E-state index contributed by atoms with van der Waals surface area (Å²) in [7, 11) is 2.53. The molecule has 0 spiro atoms. The average molecular weight is 417 g/mol. The maximum atomic E-state index is 13.8. The van der Waals surface area contributed by atoms with E-state index >= 15 is 0 Å². The Morgan fingerprint density at radius 1 is 1.17 bits per heavy atom. The fourth-order valence-corrected chi connectivity index (χ4v) is 3.42. The molecule has 0 unspecified atom stereocenters. The predicted octanol–water partition coefficient (Wildman–Crippen LogP) is 3.93. The van der Waals surface area contributed by atoms with Crippen molar-refractivity contribution in [1.82, 2.24) is 4.90 Å². The van der Waals surface area contributed by atoms with Crippen LogP contribution in [0.1, 0.15) is 18.5 Å². The summed E-state index contributed by atoms with van der Waals surface area (Å²) in [5.74, 6) is -2.98. The Labute approximate surface area is 170 Å². The van der Waals surface area contributed by atoms with Crippen molar-refractivity contribution >= 4 is 23.4 Å². The number of urea groups is 1. The number of anilines is 1. The fraction of sp³-hybridized carbons (Fsp3) is 0.200. The van der Waals surface area contributed by atoms with Gasteiger partial charge in [0, 0.05) is 24.9 Å². The second kappa shape index (κ2) is 7.90. The summed E-state index contributed by atoms with van der Waals surface area (Å²) in [6, 6.07) is 6.77. The highest BCUT2D eigenvalue weighted by Gasteiger charge is 2.41. The molecule has 8 nitrogen and oxygen atoms in total. The third-order valence-corrected chi connectivity index (χ3v) is 4.84. The number of amides is 2. The van der Waals surface area contributed by atoms with E-state index in [2.05, 4.69) is 0 Å². The van der Waals surface area contributed by atoms with E-state index in [-0.39, 0.29) is 28.2 Å². The SMILES string of the molecule is COC(=O)C1=C(C)N(c2cccc([N+](=O)[O-])c2)C(=O)N(C)[C@H]1c1ccc(F)c(F)c1. The van der Waals surface area contributed by atoms with Crippen LogP contribution in [-0.2, 0) is 9.53 Å². The van der Waals surface area contributed by atoms with Crippen molar-refractivity contribution in [3.8, 4) is 0 Å². The molecule has 1 atom stereocenters. The Kier molecular flexibility index (Phi) is 5.50. The molecule has 0 aliphatic carbocycles. The fourth-order valence-electron chi connectivity index (χ4n) is 3.42. The third-order valence-electron chi connectivity index (χ3n) is 4.84. The van der Waals surface area contributed by atoms with E-state index in [1.165, 1.54) is 44.3 Å². The van der Waals surface area contributed by atoms with Crippen LogP contribution in [0.4, 0.5) is 25.0 Å². The maximum absolute atomic E-state index is 13.8. The van der Waals surface area contributed by atoms with Gasteiger partial charge in [-0.05, 0) is 30.7 Å². The van der Waals surface area contributed by atoms with Crippen molar-refractivity contribution in [1.29, 1.82) is 0 Å². The number of allylic oxidation sites excluding steroid dienone is 1. The third kappa shape index (κ3) is 3.47. The zero-order chi connectivity index (χ0) is 22.2. The molecule has 0 radical (unpaired) electrons. The number of likely N-dealkylation sites (N-methyl/N-ethyl adjacent to an activating group) is 1. The second-order valence-corrected chi connectivity index (χ2v) is 6.57. The quantitative estimate of drug-likeness (QED) is 0.427. The van der Waals surface area contributed by atoms with Crippen molar-refractivity contribution in [2.24, 2.45) is 0 Å². The van der Waals surface area contributed by atoms with Gasteiger partial charge < -0.3 is 9.64 Å². The number of hydrogen-bond donors (Lipinski definition) is 0. The van der Waals surface area contributed by atoms with Gasteiger partial charge in [0.05, 0.1) is 29.3 Å². The summed E-state index contributed by atoms with van der Waals surface area (Å²) < 4.78 is 32.1. The summed E-state index contributed by atoms with van der Waals surface area (Å²) in [5, 5.41) is 11.1. The number of benzene rings is 2. The molecule has 2 aromatic rings. The number of esters is 1. The van der Waals surface area contributed by atoms with Crippen LogP contribution in [0.5, 0.6) is 0 Å². The zero-order valence-corrected chi connectivity index (χ0v) is 16.3. The number of halogens is 2. The molecule has 0 saturated carbocycles. The molecule has 10 heteroatoms. The van der Waals surface area contributed by atoms with Crippen LogP contribution < -0.4 is 4.90 Å². The Morgan fingerprint density at radius 3 is 2.47 bits per heavy atom. The Morgan fingerprint density at radius 2 is 1.87 bits per heavy atom. The van der Waals surface area contributed by atoms with E-state index in [4.69, 9.17) is 4.74 Å². The van der Waals surface area contributed by atoms with Crippen molar-refractivity contribution in [3.05, 3.63) is 81.0 Å². The number of hydrogen-bond acceptors (Lipinski definition) is 5. The van der Waals surface area contributed by atoms with E-state index in [1.54, 1.807) is 0 Å². The molecular formula is C20H17F2N3O5. The number of ether oxygens (including phenoxy) is 1. The first kappa shape index (κ1) is 20.9. The van der Waals surface area contributed by atoms with Gasteiger partial charge in [-0.1, -0.05) is 12.1 Å². The lowest BCUT2D eigenvalue weighted by atomic mass is 9.93. The summed E-state index contributed by atoms with van der Waals surface area (Å²) in [4.78, 5) is 38.5. The lowest BCUT2D eigenvalue weighted by Gasteiger charge is -2.40. The average Bonchev–Trinajstić information content (AvgIpc) is 2.72. The van der Waals surface area contributed by atoms with Crippen molar-refractivity contribution < 1.29 is 28.0 Å². The van der Waals surface area contributed by atoms with Gasteiger partial charge in [-0.2, -0.15) is 0 Å². The molecular weight excluding hydrogens is 400 g/mol.